The highest BCUT2D eigenvalue weighted by molar-refractivity contribution is 5.82. The van der Waals surface area contributed by atoms with Gasteiger partial charge in [0.05, 0.1) is 18.6 Å². The molecule has 0 radical (unpaired) electrons. The number of carbonyl (C=O) groups is 2. The number of carbonyl (C=O) groups excluding carboxylic acids is 1. The third-order valence-corrected chi connectivity index (χ3v) is 4.95. The van der Waals surface area contributed by atoms with E-state index in [1.807, 2.05) is 0 Å². The molecule has 0 aromatic rings. The van der Waals surface area contributed by atoms with Crippen molar-refractivity contribution in [3.8, 4) is 0 Å². The van der Waals surface area contributed by atoms with Crippen molar-refractivity contribution >= 4 is 11.9 Å². The molecule has 1 amide bonds. The van der Waals surface area contributed by atoms with Gasteiger partial charge in [-0.1, -0.05) is 25.7 Å². The lowest BCUT2D eigenvalue weighted by atomic mass is 10.1. The van der Waals surface area contributed by atoms with Crippen LogP contribution in [0.25, 0.3) is 0 Å². The van der Waals surface area contributed by atoms with E-state index in [2.05, 4.69) is 0 Å². The Kier molecular flexibility index (Phi) is 6.84. The molecule has 1 saturated heterocycles. The summed E-state index contributed by atoms with van der Waals surface area (Å²) in [5.74, 6) is -0.998. The third-order valence-electron chi connectivity index (χ3n) is 4.95. The molecule has 2 rings (SSSR count). The summed E-state index contributed by atoms with van der Waals surface area (Å²) in [6.45, 7) is 2.23. The van der Waals surface area contributed by atoms with Crippen molar-refractivity contribution in [2.45, 2.75) is 82.6 Å². The molecule has 23 heavy (non-hydrogen) atoms. The van der Waals surface area contributed by atoms with Crippen LogP contribution in [0.3, 0.4) is 0 Å². The molecule has 1 saturated carbocycles. The monoisotopic (exact) mass is 327 g/mol. The lowest BCUT2D eigenvalue weighted by molar-refractivity contribution is -0.149. The van der Waals surface area contributed by atoms with Gasteiger partial charge in [-0.25, -0.2) is 0 Å². The SMILES string of the molecule is COC1CC(CC(=O)O)N(C(=O)C(C)OC2CCCCCC2)C1. The Morgan fingerprint density at radius 2 is 1.83 bits per heavy atom. The van der Waals surface area contributed by atoms with E-state index >= 15 is 0 Å². The Labute approximate surface area is 138 Å². The molecule has 6 nitrogen and oxygen atoms in total. The fourth-order valence-electron chi connectivity index (χ4n) is 3.67. The van der Waals surface area contributed by atoms with Gasteiger partial charge in [-0.05, 0) is 26.2 Å². The summed E-state index contributed by atoms with van der Waals surface area (Å²) in [7, 11) is 1.60. The first-order chi connectivity index (χ1) is 11.0. The van der Waals surface area contributed by atoms with Crippen molar-refractivity contribution in [2.75, 3.05) is 13.7 Å². The highest BCUT2D eigenvalue weighted by Crippen LogP contribution is 2.26. The van der Waals surface area contributed by atoms with E-state index in [9.17, 15) is 9.59 Å². The first-order valence-corrected chi connectivity index (χ1v) is 8.71. The first kappa shape index (κ1) is 18.2. The van der Waals surface area contributed by atoms with Crippen LogP contribution >= 0.6 is 0 Å². The van der Waals surface area contributed by atoms with E-state index in [1.165, 1.54) is 12.8 Å². The molecule has 0 bridgehead atoms. The first-order valence-electron chi connectivity index (χ1n) is 8.71. The zero-order chi connectivity index (χ0) is 16.8. The van der Waals surface area contributed by atoms with Gasteiger partial charge in [-0.15, -0.1) is 0 Å². The number of aliphatic carboxylic acids is 1. The predicted octanol–water partition coefficient (Wildman–Crippen LogP) is 2.20. The fraction of sp³-hybridized carbons (Fsp3) is 0.882. The van der Waals surface area contributed by atoms with E-state index < -0.39 is 12.1 Å². The summed E-state index contributed by atoms with van der Waals surface area (Å²) in [4.78, 5) is 25.4. The summed E-state index contributed by atoms with van der Waals surface area (Å²) < 4.78 is 11.3. The van der Waals surface area contributed by atoms with Gasteiger partial charge in [0.15, 0.2) is 0 Å². The minimum atomic E-state index is -0.887. The number of rotatable bonds is 6. The molecular weight excluding hydrogens is 298 g/mol. The molecule has 2 aliphatic rings. The molecule has 0 spiro atoms. The normalized spacial score (nSPS) is 27.7. The number of nitrogens with zero attached hydrogens (tertiary/aromatic N) is 1. The minimum Gasteiger partial charge on any atom is -0.481 e. The number of amides is 1. The third kappa shape index (κ3) is 5.18. The van der Waals surface area contributed by atoms with Crippen LogP contribution in [-0.4, -0.2) is 59.9 Å². The second kappa shape index (κ2) is 8.64. The molecule has 6 heteroatoms. The second-order valence-corrected chi connectivity index (χ2v) is 6.73. The number of carboxylic acids is 1. The summed E-state index contributed by atoms with van der Waals surface area (Å²) in [5.41, 5.74) is 0. The largest absolute Gasteiger partial charge is 0.481 e. The lowest BCUT2D eigenvalue weighted by Gasteiger charge is -2.28. The zero-order valence-corrected chi connectivity index (χ0v) is 14.2. The summed E-state index contributed by atoms with van der Waals surface area (Å²) in [6.07, 6.45) is 6.88. The molecule has 1 aliphatic carbocycles. The standard InChI is InChI=1S/C17H29NO5/c1-12(23-14-7-5-3-4-6-8-14)17(21)18-11-15(22-2)9-13(18)10-16(19)20/h12-15H,3-11H2,1-2H3,(H,19,20). The maximum Gasteiger partial charge on any atom is 0.305 e. The van der Waals surface area contributed by atoms with Gasteiger partial charge in [0.25, 0.3) is 5.91 Å². The number of likely N-dealkylation sites (tertiary alicyclic amines) is 1. The predicted molar refractivity (Wildman–Crippen MR) is 85.2 cm³/mol. The number of hydrogen-bond acceptors (Lipinski definition) is 4. The number of methoxy groups -OCH3 is 1. The van der Waals surface area contributed by atoms with Crippen LogP contribution in [0.2, 0.25) is 0 Å². The van der Waals surface area contributed by atoms with Gasteiger partial charge < -0.3 is 19.5 Å². The number of carboxylic acid groups (broad SMARTS) is 1. The van der Waals surface area contributed by atoms with E-state index in [1.54, 1.807) is 18.9 Å². The van der Waals surface area contributed by atoms with Crippen molar-refractivity contribution in [3.63, 3.8) is 0 Å². The van der Waals surface area contributed by atoms with Crippen molar-refractivity contribution < 1.29 is 24.2 Å². The van der Waals surface area contributed by atoms with Crippen molar-refractivity contribution in [1.29, 1.82) is 0 Å². The number of hydrogen-bond donors (Lipinski definition) is 1. The molecule has 1 aliphatic heterocycles. The van der Waals surface area contributed by atoms with E-state index in [0.29, 0.717) is 13.0 Å². The quantitative estimate of drug-likeness (QED) is 0.757. The van der Waals surface area contributed by atoms with E-state index in [-0.39, 0.29) is 30.6 Å². The Morgan fingerprint density at radius 1 is 1.17 bits per heavy atom. The molecule has 2 fully saturated rings. The van der Waals surface area contributed by atoms with Gasteiger partial charge in [-0.2, -0.15) is 0 Å². The van der Waals surface area contributed by atoms with Crippen LogP contribution < -0.4 is 0 Å². The average Bonchev–Trinajstić information content (AvgIpc) is 2.73. The van der Waals surface area contributed by atoms with E-state index in [4.69, 9.17) is 14.6 Å². The topological polar surface area (TPSA) is 76.1 Å². The van der Waals surface area contributed by atoms with Gasteiger partial charge in [0.2, 0.25) is 0 Å². The summed E-state index contributed by atoms with van der Waals surface area (Å²) in [5, 5.41) is 9.05. The van der Waals surface area contributed by atoms with Crippen LogP contribution in [0.4, 0.5) is 0 Å². The maximum atomic E-state index is 12.7. The van der Waals surface area contributed by atoms with Gasteiger partial charge in [0, 0.05) is 19.7 Å². The van der Waals surface area contributed by atoms with Gasteiger partial charge in [-0.3, -0.25) is 9.59 Å². The van der Waals surface area contributed by atoms with Crippen molar-refractivity contribution in [2.24, 2.45) is 0 Å². The second-order valence-electron chi connectivity index (χ2n) is 6.73. The molecule has 132 valence electrons. The Hall–Kier alpha value is -1.14. The fourth-order valence-corrected chi connectivity index (χ4v) is 3.67. The lowest BCUT2D eigenvalue weighted by Crippen LogP contribution is -2.44. The van der Waals surface area contributed by atoms with Crippen LogP contribution in [0.1, 0.15) is 58.3 Å². The summed E-state index contributed by atoms with van der Waals surface area (Å²) >= 11 is 0. The van der Waals surface area contributed by atoms with Crippen LogP contribution in [-0.2, 0) is 19.1 Å². The van der Waals surface area contributed by atoms with Gasteiger partial charge in [0.1, 0.15) is 6.10 Å². The zero-order valence-electron chi connectivity index (χ0n) is 14.2. The molecule has 0 aromatic carbocycles. The van der Waals surface area contributed by atoms with Crippen LogP contribution in [0.5, 0.6) is 0 Å². The maximum absolute atomic E-state index is 12.7. The van der Waals surface area contributed by atoms with Crippen LogP contribution in [0.15, 0.2) is 0 Å². The molecule has 3 atom stereocenters. The molecular formula is C17H29NO5. The minimum absolute atomic E-state index is 0.0399. The molecule has 1 heterocycles. The highest BCUT2D eigenvalue weighted by atomic mass is 16.5. The van der Waals surface area contributed by atoms with Crippen LogP contribution in [0, 0.1) is 0 Å². The molecule has 1 N–H and O–H groups in total. The Bertz CT molecular complexity index is 406. The van der Waals surface area contributed by atoms with Crippen molar-refractivity contribution in [1.82, 2.24) is 4.90 Å². The molecule has 0 aromatic heterocycles. The highest BCUT2D eigenvalue weighted by Gasteiger charge is 2.38. The number of ether oxygens (including phenoxy) is 2. The summed E-state index contributed by atoms with van der Waals surface area (Å²) in [6, 6.07) is -0.301. The van der Waals surface area contributed by atoms with Crippen molar-refractivity contribution in [3.05, 3.63) is 0 Å². The average molecular weight is 327 g/mol. The molecule has 3 unspecified atom stereocenters. The van der Waals surface area contributed by atoms with Gasteiger partial charge >= 0.3 is 5.97 Å². The van der Waals surface area contributed by atoms with E-state index in [0.717, 1.165) is 25.7 Å². The smallest absolute Gasteiger partial charge is 0.305 e. The Morgan fingerprint density at radius 3 is 2.39 bits per heavy atom. The Balaban J connectivity index is 1.94.